The van der Waals surface area contributed by atoms with Gasteiger partial charge in [0, 0.05) is 0 Å². The first-order valence-electron chi connectivity index (χ1n) is 5.49. The van der Waals surface area contributed by atoms with Gasteiger partial charge in [-0.3, -0.25) is 0 Å². The average Bonchev–Trinajstić information content (AvgIpc) is 2.40. The van der Waals surface area contributed by atoms with E-state index in [4.69, 9.17) is 19.0 Å². The number of rotatable bonds is 5. The summed E-state index contributed by atoms with van der Waals surface area (Å²) in [6.45, 7) is 3.19. The van der Waals surface area contributed by atoms with E-state index in [1.165, 1.54) is 6.07 Å². The van der Waals surface area contributed by atoms with Crippen molar-refractivity contribution in [3.63, 3.8) is 0 Å². The van der Waals surface area contributed by atoms with Gasteiger partial charge in [-0.15, -0.1) is 0 Å². The standard InChI is InChI=1S/C13H12O6/c1-2-17-12-11(15)10-8(18-7-6-14)4-3-5-9(10)19-13(12)16/h2-5,14-15H,1,6-7H2. The predicted octanol–water partition coefficient (Wildman–Crippen LogP) is 1.39. The predicted molar refractivity (Wildman–Crippen MR) is 67.6 cm³/mol. The molecule has 6 nitrogen and oxygen atoms in total. The topological polar surface area (TPSA) is 89.1 Å². The Morgan fingerprint density at radius 1 is 1.42 bits per heavy atom. The van der Waals surface area contributed by atoms with Crippen LogP contribution in [0.1, 0.15) is 0 Å². The van der Waals surface area contributed by atoms with Crippen LogP contribution in [0.3, 0.4) is 0 Å². The molecule has 0 amide bonds. The number of fused-ring (bicyclic) bond motifs is 1. The summed E-state index contributed by atoms with van der Waals surface area (Å²) in [6.07, 6.45) is 1.01. The molecule has 0 saturated carbocycles. The summed E-state index contributed by atoms with van der Waals surface area (Å²) in [4.78, 5) is 11.6. The number of benzene rings is 1. The number of aliphatic hydroxyl groups is 1. The fourth-order valence-electron chi connectivity index (χ4n) is 1.65. The fourth-order valence-corrected chi connectivity index (χ4v) is 1.65. The van der Waals surface area contributed by atoms with Crippen LogP contribution in [0.2, 0.25) is 0 Å². The second-order valence-corrected chi connectivity index (χ2v) is 3.55. The second kappa shape index (κ2) is 5.45. The molecule has 0 aliphatic carbocycles. The quantitative estimate of drug-likeness (QED) is 0.626. The molecular weight excluding hydrogens is 252 g/mol. The molecule has 0 aliphatic rings. The summed E-state index contributed by atoms with van der Waals surface area (Å²) in [5.41, 5.74) is -0.654. The molecule has 0 fully saturated rings. The van der Waals surface area contributed by atoms with E-state index < -0.39 is 5.63 Å². The molecule has 0 spiro atoms. The normalized spacial score (nSPS) is 10.4. The average molecular weight is 264 g/mol. The second-order valence-electron chi connectivity index (χ2n) is 3.55. The Kier molecular flexibility index (Phi) is 3.72. The highest BCUT2D eigenvalue weighted by Gasteiger charge is 2.18. The molecule has 0 saturated heterocycles. The van der Waals surface area contributed by atoms with E-state index in [9.17, 15) is 9.90 Å². The first-order chi connectivity index (χ1) is 9.19. The third kappa shape index (κ3) is 2.38. The molecule has 0 unspecified atom stereocenters. The number of aliphatic hydroxyl groups excluding tert-OH is 1. The number of hydrogen-bond donors (Lipinski definition) is 2. The monoisotopic (exact) mass is 264 g/mol. The van der Waals surface area contributed by atoms with E-state index in [2.05, 4.69) is 6.58 Å². The van der Waals surface area contributed by atoms with Crippen molar-refractivity contribution in [2.24, 2.45) is 0 Å². The van der Waals surface area contributed by atoms with Crippen LogP contribution in [0.25, 0.3) is 11.0 Å². The fraction of sp³-hybridized carbons (Fsp3) is 0.154. The van der Waals surface area contributed by atoms with E-state index in [1.54, 1.807) is 12.1 Å². The Morgan fingerprint density at radius 3 is 2.89 bits per heavy atom. The number of aromatic hydroxyl groups is 1. The van der Waals surface area contributed by atoms with Crippen molar-refractivity contribution in [1.82, 2.24) is 0 Å². The molecule has 100 valence electrons. The molecule has 6 heteroatoms. The van der Waals surface area contributed by atoms with Crippen molar-refractivity contribution in [3.8, 4) is 17.2 Å². The molecular formula is C13H12O6. The lowest BCUT2D eigenvalue weighted by molar-refractivity contribution is 0.202. The van der Waals surface area contributed by atoms with Crippen molar-refractivity contribution < 1.29 is 24.1 Å². The Labute approximate surface area is 108 Å². The molecule has 0 radical (unpaired) electrons. The maximum Gasteiger partial charge on any atom is 0.383 e. The van der Waals surface area contributed by atoms with Gasteiger partial charge in [0.1, 0.15) is 23.3 Å². The van der Waals surface area contributed by atoms with Crippen molar-refractivity contribution >= 4 is 11.0 Å². The lowest BCUT2D eigenvalue weighted by Gasteiger charge is -2.10. The van der Waals surface area contributed by atoms with Crippen LogP contribution in [-0.2, 0) is 0 Å². The molecule has 2 rings (SSSR count). The van der Waals surface area contributed by atoms with E-state index in [1.807, 2.05) is 0 Å². The van der Waals surface area contributed by atoms with Gasteiger partial charge in [-0.1, -0.05) is 12.6 Å². The summed E-state index contributed by atoms with van der Waals surface area (Å²) in [5.74, 6) is -0.469. The van der Waals surface area contributed by atoms with Gasteiger partial charge in [0.25, 0.3) is 5.75 Å². The lowest BCUT2D eigenvalue weighted by atomic mass is 10.2. The van der Waals surface area contributed by atoms with E-state index in [0.29, 0.717) is 0 Å². The molecule has 2 aromatic rings. The minimum Gasteiger partial charge on any atom is -0.503 e. The molecule has 1 aromatic carbocycles. The summed E-state index contributed by atoms with van der Waals surface area (Å²) in [7, 11) is 0. The number of hydrogen-bond acceptors (Lipinski definition) is 6. The van der Waals surface area contributed by atoms with Crippen molar-refractivity contribution in [3.05, 3.63) is 41.5 Å². The Morgan fingerprint density at radius 2 is 2.21 bits per heavy atom. The molecule has 1 aromatic heterocycles. The molecule has 19 heavy (non-hydrogen) atoms. The highest BCUT2D eigenvalue weighted by atomic mass is 16.5. The maximum atomic E-state index is 11.6. The number of ether oxygens (including phenoxy) is 2. The van der Waals surface area contributed by atoms with Gasteiger partial charge in [-0.25, -0.2) is 4.79 Å². The molecule has 0 atom stereocenters. The first-order valence-corrected chi connectivity index (χ1v) is 5.49. The van der Waals surface area contributed by atoms with Crippen molar-refractivity contribution in [2.45, 2.75) is 0 Å². The molecule has 0 bridgehead atoms. The Bertz CT molecular complexity index is 658. The van der Waals surface area contributed by atoms with Gasteiger partial charge in [-0.2, -0.15) is 0 Å². The van der Waals surface area contributed by atoms with E-state index in [-0.39, 0.29) is 41.4 Å². The summed E-state index contributed by atoms with van der Waals surface area (Å²) in [6, 6.07) is 4.70. The van der Waals surface area contributed by atoms with E-state index in [0.717, 1.165) is 6.26 Å². The van der Waals surface area contributed by atoms with Gasteiger partial charge in [0.15, 0.2) is 5.75 Å². The van der Waals surface area contributed by atoms with Gasteiger partial charge in [-0.05, 0) is 12.1 Å². The van der Waals surface area contributed by atoms with Crippen LogP contribution in [0.5, 0.6) is 17.2 Å². The summed E-state index contributed by atoms with van der Waals surface area (Å²) in [5, 5.41) is 19.0. The maximum absolute atomic E-state index is 11.6. The highest BCUT2D eigenvalue weighted by molar-refractivity contribution is 5.91. The van der Waals surface area contributed by atoms with Gasteiger partial charge in [0.05, 0.1) is 12.9 Å². The van der Waals surface area contributed by atoms with Crippen LogP contribution in [0, 0.1) is 0 Å². The summed E-state index contributed by atoms with van der Waals surface area (Å²) >= 11 is 0. The summed E-state index contributed by atoms with van der Waals surface area (Å²) < 4.78 is 15.1. The molecule has 2 N–H and O–H groups in total. The highest BCUT2D eigenvalue weighted by Crippen LogP contribution is 2.37. The van der Waals surface area contributed by atoms with Crippen molar-refractivity contribution in [2.75, 3.05) is 13.2 Å². The molecule has 0 aliphatic heterocycles. The zero-order valence-corrected chi connectivity index (χ0v) is 9.96. The SMILES string of the molecule is C=COc1c(O)c2c(OCCO)cccc2oc1=O. The first kappa shape index (κ1) is 13.0. The molecule has 1 heterocycles. The zero-order valence-electron chi connectivity index (χ0n) is 9.96. The van der Waals surface area contributed by atoms with Gasteiger partial charge < -0.3 is 24.1 Å². The zero-order chi connectivity index (χ0) is 13.8. The smallest absolute Gasteiger partial charge is 0.383 e. The van der Waals surface area contributed by atoms with Crippen LogP contribution < -0.4 is 15.1 Å². The Balaban J connectivity index is 2.69. The van der Waals surface area contributed by atoms with E-state index >= 15 is 0 Å². The third-order valence-electron chi connectivity index (χ3n) is 2.38. The Hall–Kier alpha value is -2.47. The minimum absolute atomic E-state index is 0.0509. The van der Waals surface area contributed by atoms with Crippen molar-refractivity contribution in [1.29, 1.82) is 0 Å². The minimum atomic E-state index is -0.816. The third-order valence-corrected chi connectivity index (χ3v) is 2.38. The largest absolute Gasteiger partial charge is 0.503 e. The van der Waals surface area contributed by atoms with Gasteiger partial charge >= 0.3 is 5.63 Å². The van der Waals surface area contributed by atoms with Crippen LogP contribution in [0.4, 0.5) is 0 Å². The lowest BCUT2D eigenvalue weighted by Crippen LogP contribution is -2.05. The van der Waals surface area contributed by atoms with Crippen LogP contribution >= 0.6 is 0 Å². The van der Waals surface area contributed by atoms with Gasteiger partial charge in [0.2, 0.25) is 0 Å². The van der Waals surface area contributed by atoms with Crippen LogP contribution in [0.15, 0.2) is 40.3 Å². The van der Waals surface area contributed by atoms with Crippen LogP contribution in [-0.4, -0.2) is 23.4 Å².